The zero-order valence-corrected chi connectivity index (χ0v) is 9.46. The average Bonchev–Trinajstić information content (AvgIpc) is 2.63. The van der Waals surface area contributed by atoms with Crippen molar-refractivity contribution >= 4 is 18.0 Å². The summed E-state index contributed by atoms with van der Waals surface area (Å²) in [7, 11) is 0. The Hall–Kier alpha value is -2.24. The van der Waals surface area contributed by atoms with Crippen LogP contribution in [0.1, 0.15) is 12.5 Å². The highest BCUT2D eigenvalue weighted by molar-refractivity contribution is 5.74. The third-order valence-electron chi connectivity index (χ3n) is 2.36. The lowest BCUT2D eigenvalue weighted by molar-refractivity contribution is -0.114. The molecule has 0 aliphatic carbocycles. The van der Waals surface area contributed by atoms with E-state index >= 15 is 0 Å². The maximum absolute atomic E-state index is 10.4. The number of amides is 1. The van der Waals surface area contributed by atoms with Gasteiger partial charge in [-0.15, -0.1) is 5.10 Å². The number of hydrogen-bond acceptors (Lipinski definition) is 5. The molecule has 0 saturated carbocycles. The molecule has 0 radical (unpaired) electrons. The van der Waals surface area contributed by atoms with E-state index in [0.29, 0.717) is 24.5 Å². The molecule has 90 valence electrons. The van der Waals surface area contributed by atoms with E-state index in [9.17, 15) is 4.79 Å². The Labute approximate surface area is 99.0 Å². The maximum Gasteiger partial charge on any atom is 0.269 e. The van der Waals surface area contributed by atoms with Crippen molar-refractivity contribution in [2.45, 2.75) is 19.8 Å². The van der Waals surface area contributed by atoms with Gasteiger partial charge in [-0.3, -0.25) is 4.79 Å². The van der Waals surface area contributed by atoms with Crippen LogP contribution in [-0.2, 0) is 16.1 Å². The number of rotatable bonds is 4. The van der Waals surface area contributed by atoms with E-state index in [2.05, 4.69) is 10.4 Å². The Balaban J connectivity index is 2.06. The normalized spacial score (nSPS) is 18.5. The topological polar surface area (TPSA) is 80.0 Å². The number of nitrogens with one attached hydrogen (secondary N) is 1. The SMILES string of the molecule is CC1=NN(Cc2ccc(N)cc2)C(NC=O)O1. The Kier molecular flexibility index (Phi) is 3.13. The standard InChI is InChI=1S/C11H14N4O2/c1-8-14-15(11(17-8)13-7-16)6-9-2-4-10(12)5-3-9/h2-5,7,11H,6,12H2,1H3,(H,13,16). The van der Waals surface area contributed by atoms with Crippen LogP contribution in [0.15, 0.2) is 29.4 Å². The highest BCUT2D eigenvalue weighted by Gasteiger charge is 2.24. The Morgan fingerprint density at radius 3 is 2.88 bits per heavy atom. The molecule has 6 nitrogen and oxygen atoms in total. The fourth-order valence-electron chi connectivity index (χ4n) is 1.59. The molecule has 2 rings (SSSR count). The summed E-state index contributed by atoms with van der Waals surface area (Å²) in [5.41, 5.74) is 7.36. The molecule has 1 unspecified atom stereocenters. The van der Waals surface area contributed by atoms with Gasteiger partial charge in [-0.25, -0.2) is 5.01 Å². The van der Waals surface area contributed by atoms with Crippen LogP contribution in [0.4, 0.5) is 5.69 Å². The maximum atomic E-state index is 10.4. The number of carbonyl (C=O) groups excluding carboxylic acids is 1. The summed E-state index contributed by atoms with van der Waals surface area (Å²) in [4.78, 5) is 10.4. The lowest BCUT2D eigenvalue weighted by atomic mass is 10.2. The van der Waals surface area contributed by atoms with E-state index in [1.54, 1.807) is 11.9 Å². The van der Waals surface area contributed by atoms with Gasteiger partial charge in [-0.05, 0) is 17.7 Å². The van der Waals surface area contributed by atoms with Gasteiger partial charge in [0.2, 0.25) is 12.3 Å². The van der Waals surface area contributed by atoms with Gasteiger partial charge in [0.05, 0.1) is 6.54 Å². The summed E-state index contributed by atoms with van der Waals surface area (Å²) in [5, 5.41) is 8.38. The van der Waals surface area contributed by atoms with Crippen LogP contribution in [0.3, 0.4) is 0 Å². The average molecular weight is 234 g/mol. The van der Waals surface area contributed by atoms with Gasteiger partial charge in [0.1, 0.15) is 0 Å². The van der Waals surface area contributed by atoms with E-state index in [-0.39, 0.29) is 0 Å². The third-order valence-corrected chi connectivity index (χ3v) is 2.36. The second kappa shape index (κ2) is 4.73. The van der Waals surface area contributed by atoms with E-state index < -0.39 is 6.35 Å². The van der Waals surface area contributed by atoms with Crippen molar-refractivity contribution in [3.8, 4) is 0 Å². The van der Waals surface area contributed by atoms with Crippen molar-refractivity contribution in [1.29, 1.82) is 0 Å². The molecule has 0 spiro atoms. The van der Waals surface area contributed by atoms with Crippen molar-refractivity contribution in [2.24, 2.45) is 5.10 Å². The van der Waals surface area contributed by atoms with Crippen LogP contribution >= 0.6 is 0 Å². The van der Waals surface area contributed by atoms with E-state index in [1.165, 1.54) is 0 Å². The van der Waals surface area contributed by atoms with Crippen molar-refractivity contribution < 1.29 is 9.53 Å². The first-order chi connectivity index (χ1) is 8.19. The van der Waals surface area contributed by atoms with Crippen molar-refractivity contribution in [3.63, 3.8) is 0 Å². The van der Waals surface area contributed by atoms with Crippen LogP contribution in [0.2, 0.25) is 0 Å². The van der Waals surface area contributed by atoms with Gasteiger partial charge in [-0.1, -0.05) is 12.1 Å². The van der Waals surface area contributed by atoms with Crippen LogP contribution in [0, 0.1) is 0 Å². The highest BCUT2D eigenvalue weighted by atomic mass is 16.5. The van der Waals surface area contributed by atoms with Crippen LogP contribution < -0.4 is 11.1 Å². The molecule has 1 heterocycles. The van der Waals surface area contributed by atoms with E-state index in [0.717, 1.165) is 5.56 Å². The zero-order chi connectivity index (χ0) is 12.3. The molecule has 17 heavy (non-hydrogen) atoms. The largest absolute Gasteiger partial charge is 0.436 e. The third kappa shape index (κ3) is 2.66. The molecular formula is C11H14N4O2. The smallest absolute Gasteiger partial charge is 0.269 e. The van der Waals surface area contributed by atoms with Gasteiger partial charge in [0.15, 0.2) is 0 Å². The Bertz CT molecular complexity index is 430. The molecule has 0 fully saturated rings. The lowest BCUT2D eigenvalue weighted by Gasteiger charge is -2.20. The lowest BCUT2D eigenvalue weighted by Crippen LogP contribution is -2.40. The van der Waals surface area contributed by atoms with Gasteiger partial charge in [0, 0.05) is 12.6 Å². The van der Waals surface area contributed by atoms with Crippen molar-refractivity contribution in [3.05, 3.63) is 29.8 Å². The number of nitrogens with two attached hydrogens (primary N) is 1. The second-order valence-electron chi connectivity index (χ2n) is 3.71. The second-order valence-corrected chi connectivity index (χ2v) is 3.71. The fourth-order valence-corrected chi connectivity index (χ4v) is 1.59. The number of nitrogen functional groups attached to an aromatic ring is 1. The summed E-state index contributed by atoms with van der Waals surface area (Å²) < 4.78 is 5.32. The number of benzene rings is 1. The van der Waals surface area contributed by atoms with E-state index in [4.69, 9.17) is 10.5 Å². The van der Waals surface area contributed by atoms with E-state index in [1.807, 2.05) is 24.3 Å². The molecule has 1 aliphatic heterocycles. The van der Waals surface area contributed by atoms with Crippen LogP contribution in [0.5, 0.6) is 0 Å². The first-order valence-corrected chi connectivity index (χ1v) is 5.21. The predicted molar refractivity (Wildman–Crippen MR) is 63.6 cm³/mol. The number of hydrazone groups is 1. The van der Waals surface area contributed by atoms with Gasteiger partial charge in [-0.2, -0.15) is 0 Å². The first-order valence-electron chi connectivity index (χ1n) is 5.21. The minimum Gasteiger partial charge on any atom is -0.436 e. The molecule has 1 atom stereocenters. The molecular weight excluding hydrogens is 220 g/mol. The zero-order valence-electron chi connectivity index (χ0n) is 9.46. The minimum absolute atomic E-state index is 0.528. The summed E-state index contributed by atoms with van der Waals surface area (Å²) in [6.45, 7) is 2.28. The Morgan fingerprint density at radius 1 is 1.53 bits per heavy atom. The summed E-state index contributed by atoms with van der Waals surface area (Å²) >= 11 is 0. The highest BCUT2D eigenvalue weighted by Crippen LogP contribution is 2.15. The fraction of sp³-hybridized carbons (Fsp3) is 0.273. The number of carbonyl (C=O) groups is 1. The van der Waals surface area contributed by atoms with Crippen molar-refractivity contribution in [2.75, 3.05) is 5.73 Å². The summed E-state index contributed by atoms with van der Waals surface area (Å²) in [5.74, 6) is 0.528. The predicted octanol–water partition coefficient (Wildman–Crippen LogP) is 0.464. The quantitative estimate of drug-likeness (QED) is 0.586. The number of nitrogens with zero attached hydrogens (tertiary/aromatic N) is 2. The summed E-state index contributed by atoms with van der Waals surface area (Å²) in [6, 6.07) is 7.48. The number of ether oxygens (including phenoxy) is 1. The molecule has 6 heteroatoms. The van der Waals surface area contributed by atoms with Gasteiger partial charge in [0.25, 0.3) is 6.35 Å². The van der Waals surface area contributed by atoms with Gasteiger partial charge >= 0.3 is 0 Å². The molecule has 0 saturated heterocycles. The Morgan fingerprint density at radius 2 is 2.24 bits per heavy atom. The first kappa shape index (κ1) is 11.3. The summed E-state index contributed by atoms with van der Waals surface area (Å²) in [6.07, 6.45) is 0.0550. The molecule has 3 N–H and O–H groups in total. The number of anilines is 1. The van der Waals surface area contributed by atoms with Crippen molar-refractivity contribution in [1.82, 2.24) is 10.3 Å². The molecule has 1 aliphatic rings. The molecule has 1 amide bonds. The van der Waals surface area contributed by atoms with Crippen LogP contribution in [-0.4, -0.2) is 23.7 Å². The molecule has 1 aromatic rings. The number of hydrogen-bond donors (Lipinski definition) is 2. The molecule has 0 aromatic heterocycles. The monoisotopic (exact) mass is 234 g/mol. The minimum atomic E-state index is -0.537. The van der Waals surface area contributed by atoms with Gasteiger partial charge < -0.3 is 15.8 Å². The molecule has 1 aromatic carbocycles. The molecule has 0 bridgehead atoms. The van der Waals surface area contributed by atoms with Crippen LogP contribution in [0.25, 0.3) is 0 Å².